The zero-order valence-corrected chi connectivity index (χ0v) is 10.5. The lowest BCUT2D eigenvalue weighted by Crippen LogP contribution is -2.14. The molecule has 2 N–H and O–H groups in total. The van der Waals surface area contributed by atoms with E-state index in [9.17, 15) is 4.79 Å². The van der Waals surface area contributed by atoms with Gasteiger partial charge in [-0.1, -0.05) is 24.3 Å². The van der Waals surface area contributed by atoms with Crippen molar-refractivity contribution in [3.63, 3.8) is 0 Å². The standard InChI is InChI=1S/C15H13N3O/c1-10-5-4-8-16-14(10)18-15(19)13-9-11-6-2-3-7-12(11)17-13/h2-9,17H,1H3,(H,16,18,19). The number of aryl methyl sites for hydroxylation is 1. The Labute approximate surface area is 110 Å². The van der Waals surface area contributed by atoms with Gasteiger partial charge in [-0.05, 0) is 30.7 Å². The van der Waals surface area contributed by atoms with E-state index in [1.165, 1.54) is 0 Å². The molecule has 0 fully saturated rings. The minimum atomic E-state index is -0.182. The highest BCUT2D eigenvalue weighted by Gasteiger charge is 2.10. The quantitative estimate of drug-likeness (QED) is 0.735. The first kappa shape index (κ1) is 11.5. The monoisotopic (exact) mass is 251 g/mol. The summed E-state index contributed by atoms with van der Waals surface area (Å²) in [6.07, 6.45) is 1.66. The summed E-state index contributed by atoms with van der Waals surface area (Å²) in [7, 11) is 0. The summed E-state index contributed by atoms with van der Waals surface area (Å²) >= 11 is 0. The molecule has 1 aromatic carbocycles. The van der Waals surface area contributed by atoms with Gasteiger partial charge in [-0.2, -0.15) is 0 Å². The maximum absolute atomic E-state index is 12.2. The van der Waals surface area contributed by atoms with Crippen molar-refractivity contribution in [2.24, 2.45) is 0 Å². The third-order valence-electron chi connectivity index (χ3n) is 3.02. The third-order valence-corrected chi connectivity index (χ3v) is 3.02. The Morgan fingerprint density at radius 1 is 1.21 bits per heavy atom. The van der Waals surface area contributed by atoms with Crippen LogP contribution in [-0.2, 0) is 0 Å². The number of fused-ring (bicyclic) bond motifs is 1. The second-order valence-corrected chi connectivity index (χ2v) is 4.39. The SMILES string of the molecule is Cc1cccnc1NC(=O)c1cc2ccccc2[nH]1. The molecule has 4 nitrogen and oxygen atoms in total. The summed E-state index contributed by atoms with van der Waals surface area (Å²) < 4.78 is 0. The molecule has 0 atom stereocenters. The summed E-state index contributed by atoms with van der Waals surface area (Å²) in [4.78, 5) is 19.4. The first-order valence-corrected chi connectivity index (χ1v) is 6.05. The number of benzene rings is 1. The molecular formula is C15H13N3O. The number of aromatic amines is 1. The van der Waals surface area contributed by atoms with E-state index in [1.54, 1.807) is 6.20 Å². The average Bonchev–Trinajstić information content (AvgIpc) is 2.85. The maximum Gasteiger partial charge on any atom is 0.273 e. The molecule has 0 bridgehead atoms. The Bertz CT molecular complexity index is 713. The van der Waals surface area contributed by atoms with Crippen LogP contribution >= 0.6 is 0 Å². The number of para-hydroxylation sites is 1. The van der Waals surface area contributed by atoms with E-state index < -0.39 is 0 Å². The topological polar surface area (TPSA) is 57.8 Å². The smallest absolute Gasteiger partial charge is 0.273 e. The molecule has 0 saturated heterocycles. The first-order chi connectivity index (χ1) is 9.24. The molecule has 0 unspecified atom stereocenters. The molecule has 4 heteroatoms. The molecule has 3 aromatic rings. The summed E-state index contributed by atoms with van der Waals surface area (Å²) in [5, 5.41) is 3.83. The van der Waals surface area contributed by atoms with E-state index in [4.69, 9.17) is 0 Å². The number of rotatable bonds is 2. The fourth-order valence-corrected chi connectivity index (χ4v) is 1.99. The van der Waals surface area contributed by atoms with Crippen molar-refractivity contribution in [2.45, 2.75) is 6.92 Å². The number of carbonyl (C=O) groups excluding carboxylic acids is 1. The number of pyridine rings is 1. The number of amides is 1. The lowest BCUT2D eigenvalue weighted by Gasteiger charge is -2.05. The minimum absolute atomic E-state index is 0.182. The highest BCUT2D eigenvalue weighted by Crippen LogP contribution is 2.16. The number of anilines is 1. The minimum Gasteiger partial charge on any atom is -0.351 e. The van der Waals surface area contributed by atoms with Gasteiger partial charge in [-0.15, -0.1) is 0 Å². The zero-order chi connectivity index (χ0) is 13.2. The fraction of sp³-hybridized carbons (Fsp3) is 0.0667. The van der Waals surface area contributed by atoms with Crippen molar-refractivity contribution in [1.82, 2.24) is 9.97 Å². The van der Waals surface area contributed by atoms with Crippen molar-refractivity contribution in [3.05, 3.63) is 59.9 Å². The Balaban J connectivity index is 1.90. The number of nitrogens with one attached hydrogen (secondary N) is 2. The Morgan fingerprint density at radius 2 is 2.05 bits per heavy atom. The number of hydrogen-bond acceptors (Lipinski definition) is 2. The van der Waals surface area contributed by atoms with E-state index in [0.29, 0.717) is 11.5 Å². The molecule has 0 aliphatic rings. The van der Waals surface area contributed by atoms with Crippen molar-refractivity contribution in [1.29, 1.82) is 0 Å². The van der Waals surface area contributed by atoms with Crippen LogP contribution < -0.4 is 5.32 Å². The lowest BCUT2D eigenvalue weighted by atomic mass is 10.2. The summed E-state index contributed by atoms with van der Waals surface area (Å²) in [6, 6.07) is 13.4. The Hall–Kier alpha value is -2.62. The number of nitrogens with zero attached hydrogens (tertiary/aromatic N) is 1. The number of carbonyl (C=O) groups is 1. The van der Waals surface area contributed by atoms with E-state index >= 15 is 0 Å². The number of hydrogen-bond donors (Lipinski definition) is 2. The summed E-state index contributed by atoms with van der Waals surface area (Å²) in [6.45, 7) is 1.91. The van der Waals surface area contributed by atoms with Crippen LogP contribution in [0.4, 0.5) is 5.82 Å². The summed E-state index contributed by atoms with van der Waals surface area (Å²) in [5.74, 6) is 0.407. The predicted molar refractivity (Wildman–Crippen MR) is 75.2 cm³/mol. The van der Waals surface area contributed by atoms with E-state index in [0.717, 1.165) is 16.5 Å². The predicted octanol–water partition coefficient (Wildman–Crippen LogP) is 3.12. The molecule has 0 radical (unpaired) electrons. The van der Waals surface area contributed by atoms with Gasteiger partial charge < -0.3 is 10.3 Å². The molecule has 2 aromatic heterocycles. The van der Waals surface area contributed by atoms with Gasteiger partial charge in [-0.3, -0.25) is 4.79 Å². The van der Waals surface area contributed by atoms with Crippen molar-refractivity contribution in [3.8, 4) is 0 Å². The molecule has 0 aliphatic heterocycles. The van der Waals surface area contributed by atoms with E-state index in [-0.39, 0.29) is 5.91 Å². The first-order valence-electron chi connectivity index (χ1n) is 6.05. The van der Waals surface area contributed by atoms with Gasteiger partial charge in [0.15, 0.2) is 0 Å². The Morgan fingerprint density at radius 3 is 2.84 bits per heavy atom. The Kier molecular flexibility index (Phi) is 2.76. The van der Waals surface area contributed by atoms with Gasteiger partial charge in [0.25, 0.3) is 5.91 Å². The molecule has 1 amide bonds. The van der Waals surface area contributed by atoms with Gasteiger partial charge in [0.1, 0.15) is 11.5 Å². The fourth-order valence-electron chi connectivity index (χ4n) is 1.99. The van der Waals surface area contributed by atoms with Crippen LogP contribution in [0.5, 0.6) is 0 Å². The highest BCUT2D eigenvalue weighted by molar-refractivity contribution is 6.05. The molecule has 0 spiro atoms. The van der Waals surface area contributed by atoms with Gasteiger partial charge in [0.05, 0.1) is 0 Å². The van der Waals surface area contributed by atoms with Crippen molar-refractivity contribution < 1.29 is 4.79 Å². The van der Waals surface area contributed by atoms with Crippen LogP contribution in [0.2, 0.25) is 0 Å². The molecule has 0 saturated carbocycles. The maximum atomic E-state index is 12.2. The van der Waals surface area contributed by atoms with Gasteiger partial charge in [0, 0.05) is 17.1 Å². The molecule has 2 heterocycles. The van der Waals surface area contributed by atoms with Crippen molar-refractivity contribution in [2.75, 3.05) is 5.32 Å². The largest absolute Gasteiger partial charge is 0.351 e. The third kappa shape index (κ3) is 2.20. The molecular weight excluding hydrogens is 238 g/mol. The van der Waals surface area contributed by atoms with Crippen LogP contribution in [-0.4, -0.2) is 15.9 Å². The van der Waals surface area contributed by atoms with Crippen LogP contribution in [0.15, 0.2) is 48.7 Å². The highest BCUT2D eigenvalue weighted by atomic mass is 16.1. The summed E-state index contributed by atoms with van der Waals surface area (Å²) in [5.41, 5.74) is 2.42. The van der Waals surface area contributed by atoms with E-state index in [2.05, 4.69) is 15.3 Å². The number of aromatic nitrogens is 2. The van der Waals surface area contributed by atoms with E-state index in [1.807, 2.05) is 49.4 Å². The number of H-pyrrole nitrogens is 1. The van der Waals surface area contributed by atoms with Crippen LogP contribution in [0.3, 0.4) is 0 Å². The van der Waals surface area contributed by atoms with Crippen molar-refractivity contribution >= 4 is 22.6 Å². The molecule has 19 heavy (non-hydrogen) atoms. The molecule has 0 aliphatic carbocycles. The van der Waals surface area contributed by atoms with Gasteiger partial charge in [-0.25, -0.2) is 4.98 Å². The average molecular weight is 251 g/mol. The molecule has 3 rings (SSSR count). The zero-order valence-electron chi connectivity index (χ0n) is 10.5. The van der Waals surface area contributed by atoms with Crippen LogP contribution in [0.1, 0.15) is 16.1 Å². The normalized spacial score (nSPS) is 10.6. The molecule has 94 valence electrons. The van der Waals surface area contributed by atoms with Gasteiger partial charge in [0.2, 0.25) is 0 Å². The van der Waals surface area contributed by atoms with Crippen LogP contribution in [0, 0.1) is 6.92 Å². The van der Waals surface area contributed by atoms with Gasteiger partial charge >= 0.3 is 0 Å². The van der Waals surface area contributed by atoms with Crippen LogP contribution in [0.25, 0.3) is 10.9 Å². The second kappa shape index (κ2) is 4.57. The lowest BCUT2D eigenvalue weighted by molar-refractivity contribution is 0.102. The second-order valence-electron chi connectivity index (χ2n) is 4.39.